The quantitative estimate of drug-likeness (QED) is 0.482. The van der Waals surface area contributed by atoms with Gasteiger partial charge in [-0.3, -0.25) is 4.79 Å². The van der Waals surface area contributed by atoms with Crippen molar-refractivity contribution < 1.29 is 31.1 Å². The zero-order chi connectivity index (χ0) is 12.5. The van der Waals surface area contributed by atoms with Gasteiger partial charge in [0.25, 0.3) is 5.91 Å². The molecule has 8 heteroatoms. The number of benzene rings is 1. The van der Waals surface area contributed by atoms with E-state index in [4.69, 9.17) is 0 Å². The molecule has 0 saturated heterocycles. The van der Waals surface area contributed by atoms with Crippen LogP contribution in [0.25, 0.3) is 0 Å². The standard InChI is InChI=1S/C8H3F6NO/c9-2-1-3(15-8(16)7(13)14)5(11)6(12)4(2)10/h1,7H,(H,15,16). The van der Waals surface area contributed by atoms with Crippen LogP contribution in [0.15, 0.2) is 6.07 Å². The van der Waals surface area contributed by atoms with Gasteiger partial charge >= 0.3 is 6.43 Å². The monoisotopic (exact) mass is 243 g/mol. The summed E-state index contributed by atoms with van der Waals surface area (Å²) < 4.78 is 73.8. The van der Waals surface area contributed by atoms with Crippen LogP contribution in [0, 0.1) is 23.3 Å². The fraction of sp³-hybridized carbons (Fsp3) is 0.125. The third-order valence-corrected chi connectivity index (χ3v) is 1.56. The van der Waals surface area contributed by atoms with Gasteiger partial charge in [-0.25, -0.2) is 17.6 Å². The van der Waals surface area contributed by atoms with Crippen molar-refractivity contribution in [3.8, 4) is 0 Å². The Labute approximate surface area is 84.9 Å². The van der Waals surface area contributed by atoms with Crippen molar-refractivity contribution >= 4 is 11.6 Å². The molecule has 0 spiro atoms. The highest BCUT2D eigenvalue weighted by Gasteiger charge is 2.22. The van der Waals surface area contributed by atoms with Gasteiger partial charge in [0.05, 0.1) is 5.69 Å². The molecule has 88 valence electrons. The predicted molar refractivity (Wildman–Crippen MR) is 40.9 cm³/mol. The molecule has 0 aliphatic heterocycles. The van der Waals surface area contributed by atoms with Crippen molar-refractivity contribution in [2.75, 3.05) is 5.32 Å². The van der Waals surface area contributed by atoms with Crippen LogP contribution in [0.5, 0.6) is 0 Å². The van der Waals surface area contributed by atoms with Crippen LogP contribution >= 0.6 is 0 Å². The first-order valence-corrected chi connectivity index (χ1v) is 3.76. The molecule has 0 aromatic heterocycles. The fourth-order valence-electron chi connectivity index (χ4n) is 0.851. The Morgan fingerprint density at radius 1 is 1.06 bits per heavy atom. The van der Waals surface area contributed by atoms with E-state index in [1.807, 2.05) is 0 Å². The van der Waals surface area contributed by atoms with Crippen molar-refractivity contribution in [3.05, 3.63) is 29.3 Å². The van der Waals surface area contributed by atoms with Gasteiger partial charge in [0.1, 0.15) is 0 Å². The van der Waals surface area contributed by atoms with E-state index in [0.717, 1.165) is 0 Å². The maximum Gasteiger partial charge on any atom is 0.315 e. The van der Waals surface area contributed by atoms with Crippen LogP contribution in [-0.4, -0.2) is 12.3 Å². The third kappa shape index (κ3) is 2.26. The molecule has 0 atom stereocenters. The molecule has 16 heavy (non-hydrogen) atoms. The molecule has 1 amide bonds. The predicted octanol–water partition coefficient (Wildman–Crippen LogP) is 2.45. The number of alkyl halides is 2. The Balaban J connectivity index is 3.11. The van der Waals surface area contributed by atoms with Gasteiger partial charge < -0.3 is 5.32 Å². The highest BCUT2D eigenvalue weighted by Crippen LogP contribution is 2.22. The van der Waals surface area contributed by atoms with E-state index in [1.165, 1.54) is 5.32 Å². The van der Waals surface area contributed by atoms with E-state index < -0.39 is 41.3 Å². The number of rotatable bonds is 2. The molecule has 0 aliphatic rings. The van der Waals surface area contributed by atoms with Gasteiger partial charge in [-0.05, 0) is 0 Å². The minimum atomic E-state index is -3.49. The van der Waals surface area contributed by atoms with Crippen LogP contribution < -0.4 is 5.32 Å². The zero-order valence-corrected chi connectivity index (χ0v) is 7.33. The molecule has 2 nitrogen and oxygen atoms in total. The van der Waals surface area contributed by atoms with Crippen molar-refractivity contribution in [1.29, 1.82) is 0 Å². The van der Waals surface area contributed by atoms with E-state index in [1.54, 1.807) is 0 Å². The van der Waals surface area contributed by atoms with Crippen molar-refractivity contribution in [1.82, 2.24) is 0 Å². The van der Waals surface area contributed by atoms with Crippen LogP contribution in [0.2, 0.25) is 0 Å². The number of anilines is 1. The lowest BCUT2D eigenvalue weighted by atomic mass is 10.2. The minimum Gasteiger partial charge on any atom is -0.318 e. The van der Waals surface area contributed by atoms with Crippen molar-refractivity contribution in [2.24, 2.45) is 0 Å². The molecule has 0 radical (unpaired) electrons. The van der Waals surface area contributed by atoms with Crippen molar-refractivity contribution in [2.45, 2.75) is 6.43 Å². The van der Waals surface area contributed by atoms with E-state index >= 15 is 0 Å². The summed E-state index contributed by atoms with van der Waals surface area (Å²) in [6, 6.07) is 0.0635. The second kappa shape index (κ2) is 4.42. The fourth-order valence-corrected chi connectivity index (χ4v) is 0.851. The van der Waals surface area contributed by atoms with Gasteiger partial charge in [-0.1, -0.05) is 0 Å². The van der Waals surface area contributed by atoms with Crippen molar-refractivity contribution in [3.63, 3.8) is 0 Å². The van der Waals surface area contributed by atoms with Crippen LogP contribution in [0.3, 0.4) is 0 Å². The molecule has 0 bridgehead atoms. The molecule has 1 N–H and O–H groups in total. The smallest absolute Gasteiger partial charge is 0.315 e. The van der Waals surface area contributed by atoms with Gasteiger partial charge in [0.2, 0.25) is 0 Å². The maximum atomic E-state index is 12.8. The lowest BCUT2D eigenvalue weighted by molar-refractivity contribution is -0.126. The lowest BCUT2D eigenvalue weighted by Gasteiger charge is -2.07. The molecular formula is C8H3F6NO. The van der Waals surface area contributed by atoms with E-state index in [9.17, 15) is 31.1 Å². The summed E-state index contributed by atoms with van der Waals surface area (Å²) in [4.78, 5) is 10.4. The molecule has 1 aromatic carbocycles. The Hall–Kier alpha value is -1.73. The second-order valence-electron chi connectivity index (χ2n) is 2.64. The van der Waals surface area contributed by atoms with E-state index in [-0.39, 0.29) is 6.07 Å². The molecule has 0 unspecified atom stereocenters. The number of halogens is 6. The Bertz CT molecular complexity index is 433. The van der Waals surface area contributed by atoms with E-state index in [0.29, 0.717) is 0 Å². The number of amides is 1. The first-order valence-electron chi connectivity index (χ1n) is 3.76. The van der Waals surface area contributed by atoms with Gasteiger partial charge in [-0.2, -0.15) is 8.78 Å². The van der Waals surface area contributed by atoms with E-state index in [2.05, 4.69) is 0 Å². The summed E-state index contributed by atoms with van der Waals surface area (Å²) in [5, 5.41) is 1.21. The Morgan fingerprint density at radius 2 is 1.62 bits per heavy atom. The number of carbonyl (C=O) groups is 1. The van der Waals surface area contributed by atoms with Crippen LogP contribution in [-0.2, 0) is 4.79 Å². The highest BCUT2D eigenvalue weighted by molar-refractivity contribution is 5.93. The highest BCUT2D eigenvalue weighted by atomic mass is 19.3. The summed E-state index contributed by atoms with van der Waals surface area (Å²) in [7, 11) is 0. The summed E-state index contributed by atoms with van der Waals surface area (Å²) >= 11 is 0. The Morgan fingerprint density at radius 3 is 2.12 bits per heavy atom. The van der Waals surface area contributed by atoms with Gasteiger partial charge in [-0.15, -0.1) is 0 Å². The second-order valence-corrected chi connectivity index (χ2v) is 2.64. The average Bonchev–Trinajstić information content (AvgIpc) is 2.22. The third-order valence-electron chi connectivity index (χ3n) is 1.56. The molecule has 0 aliphatic carbocycles. The number of carbonyl (C=O) groups excluding carboxylic acids is 1. The minimum absolute atomic E-state index is 0.0635. The molecule has 0 saturated carbocycles. The number of nitrogens with one attached hydrogen (secondary N) is 1. The largest absolute Gasteiger partial charge is 0.318 e. The molecule has 1 rings (SSSR count). The molecule has 1 aromatic rings. The lowest BCUT2D eigenvalue weighted by Crippen LogP contribution is -2.21. The van der Waals surface area contributed by atoms with Gasteiger partial charge in [0.15, 0.2) is 23.3 Å². The number of hydrogen-bond donors (Lipinski definition) is 1. The Kier molecular flexibility index (Phi) is 3.41. The summed E-state index contributed by atoms with van der Waals surface area (Å²) in [6.45, 7) is 0. The first-order chi connectivity index (χ1) is 7.34. The van der Waals surface area contributed by atoms with Crippen LogP contribution in [0.1, 0.15) is 0 Å². The maximum absolute atomic E-state index is 12.8. The van der Waals surface area contributed by atoms with Gasteiger partial charge in [0, 0.05) is 6.07 Å². The zero-order valence-electron chi connectivity index (χ0n) is 7.33. The topological polar surface area (TPSA) is 29.1 Å². The normalized spacial score (nSPS) is 10.7. The summed E-state index contributed by atoms with van der Waals surface area (Å²) in [5.74, 6) is -9.99. The summed E-state index contributed by atoms with van der Waals surface area (Å²) in [6.07, 6.45) is -3.49. The molecule has 0 fully saturated rings. The first kappa shape index (κ1) is 12.3. The average molecular weight is 243 g/mol. The molecule has 0 heterocycles. The molecular weight excluding hydrogens is 240 g/mol. The number of hydrogen-bond acceptors (Lipinski definition) is 1. The summed E-state index contributed by atoms with van der Waals surface area (Å²) in [5.41, 5.74) is -1.19. The SMILES string of the molecule is O=C(Nc1cc(F)c(F)c(F)c1F)C(F)F. The van der Waals surface area contributed by atoms with Crippen LogP contribution in [0.4, 0.5) is 32.0 Å².